The Balaban J connectivity index is 2.36. The molecular weight excluding hydrogens is 340 g/mol. The van der Waals surface area contributed by atoms with Crippen molar-refractivity contribution in [2.45, 2.75) is 11.8 Å². The van der Waals surface area contributed by atoms with E-state index < -0.39 is 16.0 Å². The monoisotopic (exact) mass is 354 g/mol. The molecule has 1 aromatic heterocycles. The summed E-state index contributed by atoms with van der Waals surface area (Å²) in [5, 5.41) is 9.64. The zero-order chi connectivity index (χ0) is 18.0. The predicted molar refractivity (Wildman–Crippen MR) is 91.6 cm³/mol. The molecule has 3 rings (SSSR count). The lowest BCUT2D eigenvalue weighted by molar-refractivity contribution is 0.0518. The predicted octanol–water partition coefficient (Wildman–Crippen LogP) is 2.93. The van der Waals surface area contributed by atoms with Crippen molar-refractivity contribution in [2.75, 3.05) is 6.61 Å². The highest BCUT2D eigenvalue weighted by molar-refractivity contribution is 7.90. The molecule has 2 aromatic carbocycles. The number of carbonyl (C=O) groups is 1. The molecule has 0 aliphatic rings. The number of benzene rings is 2. The molecule has 0 aliphatic heterocycles. The molecule has 0 unspecified atom stereocenters. The molecule has 0 fully saturated rings. The summed E-state index contributed by atoms with van der Waals surface area (Å²) in [6, 6.07) is 15.8. The minimum atomic E-state index is -4.03. The average Bonchev–Trinajstić information content (AvgIpc) is 3.02. The van der Waals surface area contributed by atoms with Gasteiger partial charge in [-0.3, -0.25) is 0 Å². The molecule has 0 N–H and O–H groups in total. The first-order chi connectivity index (χ1) is 12.0. The molecule has 0 saturated heterocycles. The van der Waals surface area contributed by atoms with Crippen molar-refractivity contribution in [1.29, 1.82) is 5.26 Å². The van der Waals surface area contributed by atoms with Gasteiger partial charge in [0.2, 0.25) is 0 Å². The number of carbonyl (C=O) groups excluding carboxylic acids is 1. The minimum Gasteiger partial charge on any atom is -0.461 e. The van der Waals surface area contributed by atoms with Gasteiger partial charge in [-0.25, -0.2) is 17.2 Å². The summed E-state index contributed by atoms with van der Waals surface area (Å²) in [5.41, 5.74) is 0.451. The lowest BCUT2D eigenvalue weighted by atomic mass is 10.2. The van der Waals surface area contributed by atoms with Crippen LogP contribution in [0, 0.1) is 11.3 Å². The maximum atomic E-state index is 13.1. The Bertz CT molecular complexity index is 1090. The third-order valence-electron chi connectivity index (χ3n) is 3.66. The fourth-order valence-corrected chi connectivity index (χ4v) is 4.07. The van der Waals surface area contributed by atoms with Gasteiger partial charge in [-0.15, -0.1) is 0 Å². The van der Waals surface area contributed by atoms with Crippen LogP contribution in [-0.2, 0) is 14.8 Å². The number of esters is 1. The van der Waals surface area contributed by atoms with Crippen LogP contribution >= 0.6 is 0 Å². The van der Waals surface area contributed by atoms with Crippen LogP contribution in [0.3, 0.4) is 0 Å². The first-order valence-corrected chi connectivity index (χ1v) is 8.96. The van der Waals surface area contributed by atoms with Crippen molar-refractivity contribution in [2.24, 2.45) is 0 Å². The number of fused-ring (bicyclic) bond motifs is 1. The summed E-state index contributed by atoms with van der Waals surface area (Å²) in [4.78, 5) is 12.3. The Labute approximate surface area is 144 Å². The fraction of sp³-hybridized carbons (Fsp3) is 0.111. The molecule has 0 amide bonds. The number of aromatic nitrogens is 1. The molecule has 25 heavy (non-hydrogen) atoms. The first kappa shape index (κ1) is 16.7. The summed E-state index contributed by atoms with van der Waals surface area (Å²) in [6.07, 6.45) is 0. The lowest BCUT2D eigenvalue weighted by Gasteiger charge is -2.11. The Morgan fingerprint density at radius 1 is 1.16 bits per heavy atom. The van der Waals surface area contributed by atoms with Gasteiger partial charge in [-0.2, -0.15) is 5.26 Å². The van der Waals surface area contributed by atoms with Crippen LogP contribution in [0.25, 0.3) is 10.9 Å². The number of hydrogen-bond acceptors (Lipinski definition) is 5. The van der Waals surface area contributed by atoms with E-state index in [-0.39, 0.29) is 22.7 Å². The van der Waals surface area contributed by atoms with Crippen LogP contribution in [0.1, 0.15) is 23.0 Å². The van der Waals surface area contributed by atoms with Gasteiger partial charge in [0.1, 0.15) is 5.69 Å². The average molecular weight is 354 g/mol. The van der Waals surface area contributed by atoms with Crippen molar-refractivity contribution in [3.63, 3.8) is 0 Å². The lowest BCUT2D eigenvalue weighted by Crippen LogP contribution is -2.19. The second-order valence-corrected chi connectivity index (χ2v) is 7.00. The van der Waals surface area contributed by atoms with Crippen molar-refractivity contribution in [3.8, 4) is 6.07 Å². The molecular formula is C18H14N2O4S. The third-order valence-corrected chi connectivity index (χ3v) is 5.40. The van der Waals surface area contributed by atoms with Crippen molar-refractivity contribution >= 4 is 26.9 Å². The quantitative estimate of drug-likeness (QED) is 0.672. The van der Waals surface area contributed by atoms with E-state index in [1.807, 2.05) is 6.07 Å². The molecule has 0 atom stereocenters. The van der Waals surface area contributed by atoms with E-state index >= 15 is 0 Å². The normalized spacial score (nSPS) is 11.2. The second-order valence-electron chi connectivity index (χ2n) is 5.22. The maximum Gasteiger partial charge on any atom is 0.356 e. The van der Waals surface area contributed by atoms with E-state index in [0.717, 1.165) is 3.97 Å². The van der Waals surface area contributed by atoms with Gasteiger partial charge in [-0.05, 0) is 37.3 Å². The van der Waals surface area contributed by atoms with Gasteiger partial charge >= 0.3 is 5.97 Å². The smallest absolute Gasteiger partial charge is 0.356 e. The Hall–Kier alpha value is -3.11. The highest BCUT2D eigenvalue weighted by Crippen LogP contribution is 2.27. The maximum absolute atomic E-state index is 13.1. The highest BCUT2D eigenvalue weighted by atomic mass is 32.2. The fourth-order valence-electron chi connectivity index (χ4n) is 2.55. The molecule has 3 aromatic rings. The van der Waals surface area contributed by atoms with Crippen molar-refractivity contribution < 1.29 is 17.9 Å². The Kier molecular flexibility index (Phi) is 4.30. The number of ether oxygens (including phenoxy) is 1. The van der Waals surface area contributed by atoms with Gasteiger partial charge in [0.25, 0.3) is 10.0 Å². The highest BCUT2D eigenvalue weighted by Gasteiger charge is 2.27. The molecule has 0 saturated carbocycles. The molecule has 0 radical (unpaired) electrons. The van der Waals surface area contributed by atoms with Gasteiger partial charge in [-0.1, -0.05) is 24.3 Å². The van der Waals surface area contributed by atoms with Crippen LogP contribution in [0.4, 0.5) is 0 Å². The van der Waals surface area contributed by atoms with Crippen molar-refractivity contribution in [3.05, 3.63) is 65.9 Å². The standard InChI is InChI=1S/C18H14N2O4S/c1-2-24-18(21)17-11-14-9-8-13(12-19)10-16(14)20(17)25(22,23)15-6-4-3-5-7-15/h3-11H,2H2,1H3. The van der Waals surface area contributed by atoms with Crippen LogP contribution in [0.2, 0.25) is 0 Å². The van der Waals surface area contributed by atoms with Gasteiger partial charge < -0.3 is 4.74 Å². The molecule has 0 spiro atoms. The molecule has 1 heterocycles. The molecule has 6 nitrogen and oxygen atoms in total. The summed E-state index contributed by atoms with van der Waals surface area (Å²) in [6.45, 7) is 1.76. The topological polar surface area (TPSA) is 89.2 Å². The van der Waals surface area contributed by atoms with Gasteiger partial charge in [0.05, 0.1) is 28.7 Å². The summed E-state index contributed by atoms with van der Waals surface area (Å²) in [5.74, 6) is -0.739. The summed E-state index contributed by atoms with van der Waals surface area (Å²) in [7, 11) is -4.03. The zero-order valence-corrected chi connectivity index (χ0v) is 14.2. The zero-order valence-electron chi connectivity index (χ0n) is 13.3. The second kappa shape index (κ2) is 6.42. The largest absolute Gasteiger partial charge is 0.461 e. The van der Waals surface area contributed by atoms with Crippen LogP contribution in [-0.4, -0.2) is 25.0 Å². The number of nitriles is 1. The van der Waals surface area contributed by atoms with Crippen LogP contribution in [0.5, 0.6) is 0 Å². The van der Waals surface area contributed by atoms with E-state index in [1.165, 1.54) is 24.3 Å². The minimum absolute atomic E-state index is 0.0420. The number of nitrogens with zero attached hydrogens (tertiary/aromatic N) is 2. The summed E-state index contributed by atoms with van der Waals surface area (Å²) >= 11 is 0. The van der Waals surface area contributed by atoms with Gasteiger partial charge in [0.15, 0.2) is 0 Å². The van der Waals surface area contributed by atoms with Gasteiger partial charge in [0, 0.05) is 5.39 Å². The van der Waals surface area contributed by atoms with E-state index in [2.05, 4.69) is 0 Å². The first-order valence-electron chi connectivity index (χ1n) is 7.52. The molecule has 0 aliphatic carbocycles. The Morgan fingerprint density at radius 3 is 2.52 bits per heavy atom. The SMILES string of the molecule is CCOC(=O)c1cc2ccc(C#N)cc2n1S(=O)(=O)c1ccccc1. The number of rotatable bonds is 4. The summed E-state index contributed by atoms with van der Waals surface area (Å²) < 4.78 is 32.2. The molecule has 0 bridgehead atoms. The number of hydrogen-bond donors (Lipinski definition) is 0. The van der Waals surface area contributed by atoms with E-state index in [1.54, 1.807) is 37.3 Å². The Morgan fingerprint density at radius 2 is 1.88 bits per heavy atom. The van der Waals surface area contributed by atoms with E-state index in [9.17, 15) is 13.2 Å². The third kappa shape index (κ3) is 2.88. The van der Waals surface area contributed by atoms with E-state index in [4.69, 9.17) is 10.00 Å². The van der Waals surface area contributed by atoms with Crippen LogP contribution in [0.15, 0.2) is 59.5 Å². The van der Waals surface area contributed by atoms with E-state index in [0.29, 0.717) is 10.9 Å². The molecule has 7 heteroatoms. The van der Waals surface area contributed by atoms with Crippen LogP contribution < -0.4 is 0 Å². The molecule has 126 valence electrons. The van der Waals surface area contributed by atoms with Crippen molar-refractivity contribution in [1.82, 2.24) is 3.97 Å².